The molecule has 1 heteroatoms. The Morgan fingerprint density at radius 2 is 1.75 bits per heavy atom. The SMILES string of the molecule is CCC(O)(CC)C/C=C/C(C)C. The molecular weight excluding hydrogens is 148 g/mol. The second-order valence-corrected chi connectivity index (χ2v) is 3.81. The van der Waals surface area contributed by atoms with Crippen molar-refractivity contribution in [3.63, 3.8) is 0 Å². The maximum absolute atomic E-state index is 9.89. The van der Waals surface area contributed by atoms with Crippen molar-refractivity contribution in [2.75, 3.05) is 0 Å². The third kappa shape index (κ3) is 4.55. The van der Waals surface area contributed by atoms with Crippen molar-refractivity contribution in [2.45, 2.75) is 52.6 Å². The Morgan fingerprint density at radius 3 is 2.08 bits per heavy atom. The van der Waals surface area contributed by atoms with Crippen LogP contribution in [0.1, 0.15) is 47.0 Å². The molecule has 0 bridgehead atoms. The second kappa shape index (κ2) is 5.36. The van der Waals surface area contributed by atoms with Gasteiger partial charge < -0.3 is 5.11 Å². The molecule has 0 fully saturated rings. The Morgan fingerprint density at radius 1 is 1.25 bits per heavy atom. The molecule has 0 aromatic rings. The van der Waals surface area contributed by atoms with Crippen LogP contribution in [-0.2, 0) is 0 Å². The molecular formula is C11H22O. The summed E-state index contributed by atoms with van der Waals surface area (Å²) in [5, 5.41) is 9.89. The maximum Gasteiger partial charge on any atom is 0.0676 e. The molecule has 0 aliphatic heterocycles. The van der Waals surface area contributed by atoms with Gasteiger partial charge in [-0.1, -0.05) is 39.8 Å². The van der Waals surface area contributed by atoms with E-state index in [-0.39, 0.29) is 0 Å². The summed E-state index contributed by atoms with van der Waals surface area (Å²) in [6.45, 7) is 8.36. The van der Waals surface area contributed by atoms with E-state index in [4.69, 9.17) is 0 Å². The van der Waals surface area contributed by atoms with Crippen LogP contribution in [0, 0.1) is 5.92 Å². The van der Waals surface area contributed by atoms with Crippen LogP contribution in [0.3, 0.4) is 0 Å². The van der Waals surface area contributed by atoms with Crippen LogP contribution in [0.2, 0.25) is 0 Å². The largest absolute Gasteiger partial charge is 0.390 e. The second-order valence-electron chi connectivity index (χ2n) is 3.81. The van der Waals surface area contributed by atoms with Gasteiger partial charge in [-0.2, -0.15) is 0 Å². The standard InChI is InChI=1S/C11H22O/c1-5-11(12,6-2)9-7-8-10(3)4/h7-8,10,12H,5-6,9H2,1-4H3/b8-7+. The van der Waals surface area contributed by atoms with Crippen LogP contribution in [0.5, 0.6) is 0 Å². The van der Waals surface area contributed by atoms with Crippen molar-refractivity contribution in [2.24, 2.45) is 5.92 Å². The number of rotatable bonds is 5. The van der Waals surface area contributed by atoms with Gasteiger partial charge in [-0.3, -0.25) is 0 Å². The van der Waals surface area contributed by atoms with E-state index >= 15 is 0 Å². The highest BCUT2D eigenvalue weighted by atomic mass is 16.3. The summed E-state index contributed by atoms with van der Waals surface area (Å²) < 4.78 is 0. The molecule has 1 nitrogen and oxygen atoms in total. The van der Waals surface area contributed by atoms with Crippen molar-refractivity contribution < 1.29 is 5.11 Å². The van der Waals surface area contributed by atoms with Gasteiger partial charge in [0.25, 0.3) is 0 Å². The van der Waals surface area contributed by atoms with Crippen molar-refractivity contribution in [1.82, 2.24) is 0 Å². The van der Waals surface area contributed by atoms with Crippen molar-refractivity contribution in [3.05, 3.63) is 12.2 Å². The average Bonchev–Trinajstić information content (AvgIpc) is 2.03. The maximum atomic E-state index is 9.89. The molecule has 0 aromatic heterocycles. The zero-order valence-corrected chi connectivity index (χ0v) is 8.80. The molecule has 0 radical (unpaired) electrons. The molecule has 0 heterocycles. The van der Waals surface area contributed by atoms with Gasteiger partial charge in [0.15, 0.2) is 0 Å². The van der Waals surface area contributed by atoms with Crippen molar-refractivity contribution in [1.29, 1.82) is 0 Å². The Bertz CT molecular complexity index is 132. The lowest BCUT2D eigenvalue weighted by Crippen LogP contribution is -2.25. The van der Waals surface area contributed by atoms with E-state index in [1.54, 1.807) is 0 Å². The molecule has 0 spiro atoms. The molecule has 0 aliphatic carbocycles. The van der Waals surface area contributed by atoms with Gasteiger partial charge >= 0.3 is 0 Å². The minimum atomic E-state index is -0.467. The molecule has 0 amide bonds. The Labute approximate surface area is 76.5 Å². The highest BCUT2D eigenvalue weighted by Gasteiger charge is 2.19. The minimum absolute atomic E-state index is 0.467. The number of aliphatic hydroxyl groups is 1. The molecule has 0 saturated carbocycles. The van der Waals surface area contributed by atoms with E-state index < -0.39 is 5.60 Å². The minimum Gasteiger partial charge on any atom is -0.390 e. The summed E-state index contributed by atoms with van der Waals surface area (Å²) in [6, 6.07) is 0. The summed E-state index contributed by atoms with van der Waals surface area (Å²) in [5.41, 5.74) is -0.467. The van der Waals surface area contributed by atoms with Gasteiger partial charge in [0.05, 0.1) is 5.60 Å². The summed E-state index contributed by atoms with van der Waals surface area (Å²) in [7, 11) is 0. The van der Waals surface area contributed by atoms with Crippen LogP contribution < -0.4 is 0 Å². The summed E-state index contributed by atoms with van der Waals surface area (Å²) in [6.07, 6.45) is 6.71. The fraction of sp³-hybridized carbons (Fsp3) is 0.818. The highest BCUT2D eigenvalue weighted by Crippen LogP contribution is 2.19. The third-order valence-electron chi connectivity index (χ3n) is 2.34. The molecule has 1 N–H and O–H groups in total. The van der Waals surface area contributed by atoms with Gasteiger partial charge in [0, 0.05) is 0 Å². The number of allylic oxidation sites excluding steroid dienone is 1. The molecule has 0 aliphatic rings. The van der Waals surface area contributed by atoms with Gasteiger partial charge in [0.1, 0.15) is 0 Å². The topological polar surface area (TPSA) is 20.2 Å². The zero-order valence-electron chi connectivity index (χ0n) is 8.80. The fourth-order valence-electron chi connectivity index (χ4n) is 1.10. The van der Waals surface area contributed by atoms with Crippen LogP contribution in [0.25, 0.3) is 0 Å². The fourth-order valence-corrected chi connectivity index (χ4v) is 1.10. The lowest BCUT2D eigenvalue weighted by Gasteiger charge is -2.23. The van der Waals surface area contributed by atoms with Gasteiger partial charge in [-0.15, -0.1) is 0 Å². The van der Waals surface area contributed by atoms with E-state index in [0.29, 0.717) is 5.92 Å². The first kappa shape index (κ1) is 11.7. The Hall–Kier alpha value is -0.300. The molecule has 0 saturated heterocycles. The summed E-state index contributed by atoms with van der Waals surface area (Å²) in [4.78, 5) is 0. The van der Waals surface area contributed by atoms with Gasteiger partial charge in [0.2, 0.25) is 0 Å². The first-order valence-corrected chi connectivity index (χ1v) is 4.93. The average molecular weight is 170 g/mol. The molecule has 72 valence electrons. The first-order chi connectivity index (χ1) is 5.54. The lowest BCUT2D eigenvalue weighted by atomic mass is 9.93. The van der Waals surface area contributed by atoms with E-state index in [2.05, 4.69) is 26.0 Å². The van der Waals surface area contributed by atoms with Crippen molar-refractivity contribution in [3.8, 4) is 0 Å². The molecule has 0 unspecified atom stereocenters. The number of hydrogen-bond acceptors (Lipinski definition) is 1. The Balaban J connectivity index is 3.88. The van der Waals surface area contributed by atoms with Crippen molar-refractivity contribution >= 4 is 0 Å². The predicted octanol–water partition coefficient (Wildman–Crippen LogP) is 3.14. The Kier molecular flexibility index (Phi) is 5.23. The molecule has 0 rings (SSSR count). The third-order valence-corrected chi connectivity index (χ3v) is 2.34. The number of hydrogen-bond donors (Lipinski definition) is 1. The van der Waals surface area contributed by atoms with Crippen LogP contribution >= 0.6 is 0 Å². The van der Waals surface area contributed by atoms with E-state index in [1.165, 1.54) is 0 Å². The van der Waals surface area contributed by atoms with Gasteiger partial charge in [-0.25, -0.2) is 0 Å². The highest BCUT2D eigenvalue weighted by molar-refractivity contribution is 4.91. The smallest absolute Gasteiger partial charge is 0.0676 e. The summed E-state index contributed by atoms with van der Waals surface area (Å²) in [5.74, 6) is 0.586. The van der Waals surface area contributed by atoms with E-state index in [0.717, 1.165) is 19.3 Å². The van der Waals surface area contributed by atoms with Crippen LogP contribution in [-0.4, -0.2) is 10.7 Å². The van der Waals surface area contributed by atoms with Crippen LogP contribution in [0.4, 0.5) is 0 Å². The molecule has 12 heavy (non-hydrogen) atoms. The van der Waals surface area contributed by atoms with E-state index in [1.807, 2.05) is 13.8 Å². The normalized spacial score (nSPS) is 13.2. The summed E-state index contributed by atoms with van der Waals surface area (Å²) >= 11 is 0. The lowest BCUT2D eigenvalue weighted by molar-refractivity contribution is 0.0352. The zero-order chi connectivity index (χ0) is 9.61. The molecule has 0 atom stereocenters. The first-order valence-electron chi connectivity index (χ1n) is 4.93. The quantitative estimate of drug-likeness (QED) is 0.628. The molecule has 0 aromatic carbocycles. The van der Waals surface area contributed by atoms with E-state index in [9.17, 15) is 5.11 Å². The van der Waals surface area contributed by atoms with Gasteiger partial charge in [-0.05, 0) is 25.2 Å². The van der Waals surface area contributed by atoms with Crippen LogP contribution in [0.15, 0.2) is 12.2 Å². The monoisotopic (exact) mass is 170 g/mol. The predicted molar refractivity (Wildman–Crippen MR) is 54.1 cm³/mol.